The maximum atomic E-state index is 11.5. The molecule has 0 aliphatic carbocycles. The Labute approximate surface area is 120 Å². The number of carbonyl (C=O) groups excluding carboxylic acids is 1. The van der Waals surface area contributed by atoms with Gasteiger partial charge in [0.05, 0.1) is 4.92 Å². The quantitative estimate of drug-likeness (QED) is 0.415. The fraction of sp³-hybridized carbons (Fsp3) is 0.333. The Hall–Kier alpha value is -2.76. The SMILES string of the molecule is O=C(O)CCC(NC(=O)Nc1ncc([N+](=O)[O-])s1)C(=O)O. The predicted molar refractivity (Wildman–Crippen MR) is 69.2 cm³/mol. The molecule has 4 N–H and O–H groups in total. The molecule has 0 spiro atoms. The van der Waals surface area contributed by atoms with Gasteiger partial charge in [0.15, 0.2) is 5.13 Å². The molecular weight excluding hydrogens is 308 g/mol. The summed E-state index contributed by atoms with van der Waals surface area (Å²) in [5.74, 6) is -2.59. The maximum absolute atomic E-state index is 11.5. The summed E-state index contributed by atoms with van der Waals surface area (Å²) in [5, 5.41) is 31.6. The van der Waals surface area contributed by atoms with E-state index in [0.717, 1.165) is 6.20 Å². The topological polar surface area (TPSA) is 172 Å². The first-order chi connectivity index (χ1) is 9.79. The van der Waals surface area contributed by atoms with Crippen LogP contribution in [0.3, 0.4) is 0 Å². The highest BCUT2D eigenvalue weighted by molar-refractivity contribution is 7.18. The Morgan fingerprint density at radius 2 is 2.10 bits per heavy atom. The number of urea groups is 1. The van der Waals surface area contributed by atoms with Crippen LogP contribution in [0, 0.1) is 10.1 Å². The summed E-state index contributed by atoms with van der Waals surface area (Å²) in [4.78, 5) is 46.1. The first-order valence-corrected chi connectivity index (χ1v) is 6.23. The standard InChI is InChI=1S/C9H10N4O7S/c14-6(15)2-1-4(7(16)17)11-8(18)12-9-10-3-5(21-9)13(19)20/h3-4H,1-2H2,(H,14,15)(H,16,17)(H2,10,11,12,18). The van der Waals surface area contributed by atoms with Gasteiger partial charge in [0.25, 0.3) is 0 Å². The number of carboxylic acid groups (broad SMARTS) is 2. The number of anilines is 1. The molecule has 0 fully saturated rings. The van der Waals surface area contributed by atoms with Crippen molar-refractivity contribution in [3.8, 4) is 0 Å². The van der Waals surface area contributed by atoms with Crippen LogP contribution in [-0.2, 0) is 9.59 Å². The zero-order valence-electron chi connectivity index (χ0n) is 10.3. The van der Waals surface area contributed by atoms with Crippen molar-refractivity contribution in [2.75, 3.05) is 5.32 Å². The molecule has 114 valence electrons. The second-order valence-electron chi connectivity index (χ2n) is 3.68. The van der Waals surface area contributed by atoms with Gasteiger partial charge in [-0.2, -0.15) is 0 Å². The van der Waals surface area contributed by atoms with E-state index in [1.54, 1.807) is 0 Å². The lowest BCUT2D eigenvalue weighted by Gasteiger charge is -2.13. The number of nitrogens with zero attached hydrogens (tertiary/aromatic N) is 2. The number of rotatable bonds is 7. The fourth-order valence-electron chi connectivity index (χ4n) is 1.22. The number of carbonyl (C=O) groups is 3. The third-order valence-corrected chi connectivity index (χ3v) is 3.01. The lowest BCUT2D eigenvalue weighted by atomic mass is 10.1. The summed E-state index contributed by atoms with van der Waals surface area (Å²) in [5.41, 5.74) is 0. The maximum Gasteiger partial charge on any atom is 0.345 e. The van der Waals surface area contributed by atoms with Gasteiger partial charge in [0.1, 0.15) is 12.2 Å². The second-order valence-corrected chi connectivity index (χ2v) is 4.69. The summed E-state index contributed by atoms with van der Waals surface area (Å²) in [6.45, 7) is 0. The summed E-state index contributed by atoms with van der Waals surface area (Å²) in [6, 6.07) is -2.34. The van der Waals surface area contributed by atoms with Crippen molar-refractivity contribution >= 4 is 39.4 Å². The molecule has 1 heterocycles. The predicted octanol–water partition coefficient (Wildman–Crippen LogP) is 0.491. The number of carboxylic acids is 2. The molecule has 0 bridgehead atoms. The third-order valence-electron chi connectivity index (χ3n) is 2.14. The molecule has 1 aromatic heterocycles. The molecule has 0 aromatic carbocycles. The Morgan fingerprint density at radius 1 is 1.43 bits per heavy atom. The van der Waals surface area contributed by atoms with Crippen LogP contribution in [-0.4, -0.2) is 44.1 Å². The van der Waals surface area contributed by atoms with Crippen LogP contribution in [0.1, 0.15) is 12.8 Å². The summed E-state index contributed by atoms with van der Waals surface area (Å²) in [7, 11) is 0. The number of thiazole rings is 1. The molecule has 0 saturated heterocycles. The first kappa shape index (κ1) is 16.3. The Morgan fingerprint density at radius 3 is 2.57 bits per heavy atom. The van der Waals surface area contributed by atoms with Gasteiger partial charge >= 0.3 is 23.0 Å². The van der Waals surface area contributed by atoms with Crippen LogP contribution in [0.5, 0.6) is 0 Å². The molecule has 1 unspecified atom stereocenters. The Bertz CT molecular complexity index is 572. The normalized spacial score (nSPS) is 11.4. The molecule has 0 aliphatic rings. The number of nitrogens with one attached hydrogen (secondary N) is 2. The highest BCUT2D eigenvalue weighted by atomic mass is 32.1. The smallest absolute Gasteiger partial charge is 0.345 e. The molecule has 2 amide bonds. The average molecular weight is 318 g/mol. The number of nitro groups is 1. The van der Waals surface area contributed by atoms with E-state index in [4.69, 9.17) is 10.2 Å². The van der Waals surface area contributed by atoms with Gasteiger partial charge in [-0.1, -0.05) is 0 Å². The van der Waals surface area contributed by atoms with E-state index in [0.29, 0.717) is 11.3 Å². The van der Waals surface area contributed by atoms with Crippen molar-refractivity contribution in [3.05, 3.63) is 16.3 Å². The fourth-order valence-corrected chi connectivity index (χ4v) is 1.85. The van der Waals surface area contributed by atoms with Crippen molar-refractivity contribution in [2.24, 2.45) is 0 Å². The number of amides is 2. The van der Waals surface area contributed by atoms with Crippen molar-refractivity contribution in [1.82, 2.24) is 10.3 Å². The molecule has 1 aromatic rings. The van der Waals surface area contributed by atoms with E-state index >= 15 is 0 Å². The zero-order valence-corrected chi connectivity index (χ0v) is 11.1. The summed E-state index contributed by atoms with van der Waals surface area (Å²) in [6.07, 6.45) is 0.218. The second kappa shape index (κ2) is 7.14. The molecule has 0 aliphatic heterocycles. The number of hydrogen-bond acceptors (Lipinski definition) is 7. The van der Waals surface area contributed by atoms with E-state index < -0.39 is 35.4 Å². The number of aromatic nitrogens is 1. The molecule has 0 radical (unpaired) electrons. The molecule has 0 saturated carbocycles. The van der Waals surface area contributed by atoms with E-state index in [1.807, 2.05) is 5.32 Å². The van der Waals surface area contributed by atoms with Crippen LogP contribution in [0.2, 0.25) is 0 Å². The summed E-state index contributed by atoms with van der Waals surface area (Å²) >= 11 is 0.599. The van der Waals surface area contributed by atoms with Gasteiger partial charge in [-0.25, -0.2) is 14.6 Å². The monoisotopic (exact) mass is 318 g/mol. The van der Waals surface area contributed by atoms with Crippen molar-refractivity contribution < 1.29 is 29.5 Å². The van der Waals surface area contributed by atoms with E-state index in [9.17, 15) is 24.5 Å². The Kier molecular flexibility index (Phi) is 5.54. The Balaban J connectivity index is 2.58. The van der Waals surface area contributed by atoms with Crippen LogP contribution < -0.4 is 10.6 Å². The van der Waals surface area contributed by atoms with Crippen molar-refractivity contribution in [1.29, 1.82) is 0 Å². The van der Waals surface area contributed by atoms with Gasteiger partial charge in [0, 0.05) is 6.42 Å². The van der Waals surface area contributed by atoms with E-state index in [2.05, 4.69) is 10.3 Å². The van der Waals surface area contributed by atoms with Crippen LogP contribution in [0.4, 0.5) is 14.9 Å². The molecule has 12 heteroatoms. The molecule has 21 heavy (non-hydrogen) atoms. The minimum Gasteiger partial charge on any atom is -0.481 e. The average Bonchev–Trinajstić information content (AvgIpc) is 2.82. The van der Waals surface area contributed by atoms with Crippen LogP contribution in [0.15, 0.2) is 6.20 Å². The van der Waals surface area contributed by atoms with E-state index in [1.165, 1.54) is 0 Å². The minimum absolute atomic E-state index is 0.0819. The van der Waals surface area contributed by atoms with E-state index in [-0.39, 0.29) is 16.6 Å². The van der Waals surface area contributed by atoms with Crippen molar-refractivity contribution in [2.45, 2.75) is 18.9 Å². The van der Waals surface area contributed by atoms with Crippen molar-refractivity contribution in [3.63, 3.8) is 0 Å². The van der Waals surface area contributed by atoms with Gasteiger partial charge in [-0.3, -0.25) is 20.2 Å². The molecular formula is C9H10N4O7S. The highest BCUT2D eigenvalue weighted by Gasteiger charge is 2.22. The number of hydrogen-bond donors (Lipinski definition) is 4. The van der Waals surface area contributed by atoms with Gasteiger partial charge in [-0.15, -0.1) is 0 Å². The largest absolute Gasteiger partial charge is 0.481 e. The van der Waals surface area contributed by atoms with Gasteiger partial charge < -0.3 is 15.5 Å². The third kappa shape index (κ3) is 5.40. The lowest BCUT2D eigenvalue weighted by molar-refractivity contribution is -0.380. The first-order valence-electron chi connectivity index (χ1n) is 5.42. The highest BCUT2D eigenvalue weighted by Crippen LogP contribution is 2.24. The van der Waals surface area contributed by atoms with Crippen LogP contribution >= 0.6 is 11.3 Å². The number of aliphatic carboxylic acids is 2. The minimum atomic E-state index is -1.39. The lowest BCUT2D eigenvalue weighted by Crippen LogP contribution is -2.43. The van der Waals surface area contributed by atoms with Gasteiger partial charge in [-0.05, 0) is 17.8 Å². The van der Waals surface area contributed by atoms with Gasteiger partial charge in [0.2, 0.25) is 0 Å². The molecule has 1 atom stereocenters. The van der Waals surface area contributed by atoms with Crippen LogP contribution in [0.25, 0.3) is 0 Å². The molecule has 11 nitrogen and oxygen atoms in total. The zero-order chi connectivity index (χ0) is 16.0. The molecule has 1 rings (SSSR count). The summed E-state index contributed by atoms with van der Waals surface area (Å²) < 4.78 is 0.